The zero-order valence-electron chi connectivity index (χ0n) is 13.8. The van der Waals surface area contributed by atoms with E-state index in [9.17, 15) is 9.59 Å². The van der Waals surface area contributed by atoms with Crippen molar-refractivity contribution < 1.29 is 14.7 Å². The molecule has 0 aliphatic carbocycles. The van der Waals surface area contributed by atoms with E-state index < -0.39 is 5.97 Å². The molecule has 0 heterocycles. The number of carbonyl (C=O) groups is 2. The average Bonchev–Trinajstić information content (AvgIpc) is 2.45. The molecule has 4 nitrogen and oxygen atoms in total. The number of nitrogens with zero attached hydrogens (tertiary/aromatic N) is 1. The highest BCUT2D eigenvalue weighted by molar-refractivity contribution is 5.83. The van der Waals surface area contributed by atoms with Gasteiger partial charge >= 0.3 is 5.97 Å². The van der Waals surface area contributed by atoms with Crippen LogP contribution in [0.4, 0.5) is 0 Å². The number of carbonyl (C=O) groups excluding carboxylic acids is 1. The van der Waals surface area contributed by atoms with Gasteiger partial charge in [0, 0.05) is 19.0 Å². The van der Waals surface area contributed by atoms with Crippen molar-refractivity contribution in [1.29, 1.82) is 0 Å². The Morgan fingerprint density at radius 1 is 1.10 bits per heavy atom. The first-order chi connectivity index (χ1) is 10.1. The Labute approximate surface area is 129 Å². The summed E-state index contributed by atoms with van der Waals surface area (Å²) in [6.45, 7) is 7.18. The molecule has 122 valence electrons. The fourth-order valence-corrected chi connectivity index (χ4v) is 2.49. The van der Waals surface area contributed by atoms with Crippen molar-refractivity contribution in [1.82, 2.24) is 4.90 Å². The van der Waals surface area contributed by atoms with Crippen LogP contribution in [-0.2, 0) is 9.59 Å². The van der Waals surface area contributed by atoms with E-state index in [1.54, 1.807) is 4.90 Å². The average molecular weight is 297 g/mol. The molecule has 0 aliphatic heterocycles. The Bertz CT molecular complexity index is 322. The van der Waals surface area contributed by atoms with Gasteiger partial charge in [0.1, 0.15) is 0 Å². The molecule has 0 aromatic rings. The van der Waals surface area contributed by atoms with Gasteiger partial charge in [-0.25, -0.2) is 0 Å². The molecule has 1 unspecified atom stereocenters. The molecule has 0 aromatic heterocycles. The van der Waals surface area contributed by atoms with E-state index in [-0.39, 0.29) is 18.2 Å². The van der Waals surface area contributed by atoms with E-state index in [1.807, 2.05) is 20.8 Å². The Balaban J connectivity index is 4.18. The minimum atomic E-state index is -0.881. The number of unbranched alkanes of at least 4 members (excludes halogenated alkanes) is 4. The SMILES string of the molecule is C/C=C/CCCCCCC(CC(=O)O)C(=O)N(CC)CC. The highest BCUT2D eigenvalue weighted by Gasteiger charge is 2.24. The number of hydrogen-bond acceptors (Lipinski definition) is 2. The van der Waals surface area contributed by atoms with Crippen molar-refractivity contribution in [3.8, 4) is 0 Å². The topological polar surface area (TPSA) is 57.6 Å². The summed E-state index contributed by atoms with van der Waals surface area (Å²) in [4.78, 5) is 25.0. The maximum Gasteiger partial charge on any atom is 0.304 e. The summed E-state index contributed by atoms with van der Waals surface area (Å²) in [6, 6.07) is 0. The molecule has 1 amide bonds. The summed E-state index contributed by atoms with van der Waals surface area (Å²) in [5.41, 5.74) is 0. The lowest BCUT2D eigenvalue weighted by atomic mass is 9.95. The van der Waals surface area contributed by atoms with Gasteiger partial charge in [0.15, 0.2) is 0 Å². The van der Waals surface area contributed by atoms with Crippen molar-refractivity contribution in [2.45, 2.75) is 65.7 Å². The van der Waals surface area contributed by atoms with Crippen LogP contribution in [0.15, 0.2) is 12.2 Å². The molecule has 0 rings (SSSR count). The summed E-state index contributed by atoms with van der Waals surface area (Å²) in [7, 11) is 0. The summed E-state index contributed by atoms with van der Waals surface area (Å²) < 4.78 is 0. The van der Waals surface area contributed by atoms with Crippen LogP contribution in [0, 0.1) is 5.92 Å². The second-order valence-electron chi connectivity index (χ2n) is 5.37. The molecule has 0 aliphatic rings. The molecule has 0 spiro atoms. The van der Waals surface area contributed by atoms with Gasteiger partial charge in [0.25, 0.3) is 0 Å². The largest absolute Gasteiger partial charge is 0.481 e. The second kappa shape index (κ2) is 12.4. The Kier molecular flexibility index (Phi) is 11.6. The molecule has 0 aromatic carbocycles. The third-order valence-electron chi connectivity index (χ3n) is 3.75. The Morgan fingerprint density at radius 3 is 2.24 bits per heavy atom. The molecular formula is C17H31NO3. The van der Waals surface area contributed by atoms with Crippen molar-refractivity contribution in [3.05, 3.63) is 12.2 Å². The van der Waals surface area contributed by atoms with Crippen LogP contribution in [-0.4, -0.2) is 35.0 Å². The summed E-state index contributed by atoms with van der Waals surface area (Å²) in [5, 5.41) is 8.98. The number of amides is 1. The first-order valence-electron chi connectivity index (χ1n) is 8.18. The minimum Gasteiger partial charge on any atom is -0.481 e. The first-order valence-corrected chi connectivity index (χ1v) is 8.18. The number of allylic oxidation sites excluding steroid dienone is 2. The van der Waals surface area contributed by atoms with Crippen molar-refractivity contribution in [2.75, 3.05) is 13.1 Å². The third kappa shape index (κ3) is 9.27. The van der Waals surface area contributed by atoms with Gasteiger partial charge in [-0.1, -0.05) is 31.4 Å². The number of hydrogen-bond donors (Lipinski definition) is 1. The van der Waals surface area contributed by atoms with Crippen LogP contribution in [0.3, 0.4) is 0 Å². The van der Waals surface area contributed by atoms with Crippen molar-refractivity contribution in [2.24, 2.45) is 5.92 Å². The highest BCUT2D eigenvalue weighted by atomic mass is 16.4. The summed E-state index contributed by atoms with van der Waals surface area (Å²) in [5.74, 6) is -1.25. The summed E-state index contributed by atoms with van der Waals surface area (Å²) in [6.07, 6.45) is 10.3. The number of aliphatic carboxylic acids is 1. The molecule has 4 heteroatoms. The fraction of sp³-hybridized carbons (Fsp3) is 0.765. The molecule has 1 atom stereocenters. The zero-order valence-corrected chi connectivity index (χ0v) is 13.8. The van der Waals surface area contributed by atoms with Gasteiger partial charge < -0.3 is 10.0 Å². The Morgan fingerprint density at radius 2 is 1.71 bits per heavy atom. The van der Waals surface area contributed by atoms with E-state index >= 15 is 0 Å². The predicted molar refractivity (Wildman–Crippen MR) is 86.2 cm³/mol. The van der Waals surface area contributed by atoms with Gasteiger partial charge in [-0.05, 0) is 40.0 Å². The highest BCUT2D eigenvalue weighted by Crippen LogP contribution is 2.18. The molecule has 21 heavy (non-hydrogen) atoms. The minimum absolute atomic E-state index is 0.00341. The predicted octanol–water partition coefficient (Wildman–Crippen LogP) is 3.86. The first kappa shape index (κ1) is 19.7. The number of carboxylic acids is 1. The number of rotatable bonds is 12. The van der Waals surface area contributed by atoms with Crippen LogP contribution in [0.1, 0.15) is 65.7 Å². The third-order valence-corrected chi connectivity index (χ3v) is 3.75. The molecule has 0 saturated carbocycles. The standard InChI is InChI=1S/C17H31NO3/c1-4-7-8-9-10-11-12-13-15(14-16(19)20)17(21)18(5-2)6-3/h4,7,15H,5-6,8-14H2,1-3H3,(H,19,20)/b7-4+. The number of carboxylic acid groups (broad SMARTS) is 1. The van der Waals surface area contributed by atoms with Gasteiger partial charge in [0.2, 0.25) is 5.91 Å². The monoisotopic (exact) mass is 297 g/mol. The summed E-state index contributed by atoms with van der Waals surface area (Å²) >= 11 is 0. The lowest BCUT2D eigenvalue weighted by molar-refractivity contribution is -0.144. The Hall–Kier alpha value is -1.32. The maximum atomic E-state index is 12.3. The van der Waals surface area contributed by atoms with E-state index in [0.717, 1.165) is 32.1 Å². The molecule has 1 N–H and O–H groups in total. The fourth-order valence-electron chi connectivity index (χ4n) is 2.49. The van der Waals surface area contributed by atoms with Crippen LogP contribution >= 0.6 is 0 Å². The van der Waals surface area contributed by atoms with Gasteiger partial charge in [-0.3, -0.25) is 9.59 Å². The van der Waals surface area contributed by atoms with Gasteiger partial charge in [-0.2, -0.15) is 0 Å². The smallest absolute Gasteiger partial charge is 0.304 e. The van der Waals surface area contributed by atoms with Crippen molar-refractivity contribution >= 4 is 11.9 Å². The zero-order chi connectivity index (χ0) is 16.1. The maximum absolute atomic E-state index is 12.3. The molecule has 0 saturated heterocycles. The van der Waals surface area contributed by atoms with Crippen LogP contribution in [0.2, 0.25) is 0 Å². The van der Waals surface area contributed by atoms with E-state index in [2.05, 4.69) is 12.2 Å². The van der Waals surface area contributed by atoms with Gasteiger partial charge in [-0.15, -0.1) is 0 Å². The second-order valence-corrected chi connectivity index (χ2v) is 5.37. The normalized spacial score (nSPS) is 12.5. The molecular weight excluding hydrogens is 266 g/mol. The van der Waals surface area contributed by atoms with E-state index in [0.29, 0.717) is 19.5 Å². The lowest BCUT2D eigenvalue weighted by Gasteiger charge is -2.24. The molecule has 0 fully saturated rings. The molecule has 0 radical (unpaired) electrons. The van der Waals surface area contributed by atoms with Crippen LogP contribution < -0.4 is 0 Å². The quantitative estimate of drug-likeness (QED) is 0.439. The van der Waals surface area contributed by atoms with E-state index in [1.165, 1.54) is 0 Å². The van der Waals surface area contributed by atoms with Crippen molar-refractivity contribution in [3.63, 3.8) is 0 Å². The lowest BCUT2D eigenvalue weighted by Crippen LogP contribution is -2.36. The van der Waals surface area contributed by atoms with Gasteiger partial charge in [0.05, 0.1) is 6.42 Å². The van der Waals surface area contributed by atoms with Crippen LogP contribution in [0.25, 0.3) is 0 Å². The van der Waals surface area contributed by atoms with Crippen LogP contribution in [0.5, 0.6) is 0 Å². The van der Waals surface area contributed by atoms with E-state index in [4.69, 9.17) is 5.11 Å². The molecule has 0 bridgehead atoms.